The van der Waals surface area contributed by atoms with Gasteiger partial charge in [-0.05, 0) is 51.1 Å². The van der Waals surface area contributed by atoms with Crippen molar-refractivity contribution < 1.29 is 28.2 Å². The monoisotopic (exact) mass is 498 g/mol. The normalized spacial score (nSPS) is 15.4. The van der Waals surface area contributed by atoms with Gasteiger partial charge >= 0.3 is 12.1 Å². The third-order valence-corrected chi connectivity index (χ3v) is 5.27. The van der Waals surface area contributed by atoms with E-state index in [4.69, 9.17) is 9.47 Å². The van der Waals surface area contributed by atoms with Crippen molar-refractivity contribution in [2.45, 2.75) is 53.2 Å². The highest BCUT2D eigenvalue weighted by Crippen LogP contribution is 2.29. The summed E-state index contributed by atoms with van der Waals surface area (Å²) in [7, 11) is 0. The summed E-state index contributed by atoms with van der Waals surface area (Å²) in [6.45, 7) is 7.19. The highest BCUT2D eigenvalue weighted by molar-refractivity contribution is 5.90. The first-order chi connectivity index (χ1) is 16.5. The number of anilines is 1. The van der Waals surface area contributed by atoms with Crippen molar-refractivity contribution >= 4 is 29.3 Å². The van der Waals surface area contributed by atoms with Crippen molar-refractivity contribution in [3.8, 4) is 11.1 Å². The van der Waals surface area contributed by atoms with E-state index in [0.29, 0.717) is 28.2 Å². The van der Waals surface area contributed by atoms with Crippen LogP contribution in [0.4, 0.5) is 14.9 Å². The summed E-state index contributed by atoms with van der Waals surface area (Å²) in [5.41, 5.74) is 1.91. The number of amides is 2. The van der Waals surface area contributed by atoms with Gasteiger partial charge in [0.05, 0.1) is 30.9 Å². The second-order valence-electron chi connectivity index (χ2n) is 9.40. The van der Waals surface area contributed by atoms with E-state index in [9.17, 15) is 14.4 Å². The summed E-state index contributed by atoms with van der Waals surface area (Å²) < 4.78 is 27.4. The number of aromatic nitrogens is 2. The molecule has 192 valence electrons. The highest BCUT2D eigenvalue weighted by Gasteiger charge is 2.32. The summed E-state index contributed by atoms with van der Waals surface area (Å²) >= 11 is 0. The Hall–Kier alpha value is -3.95. The molecular formula is C26H31FN4O5. The number of nitrogens with one attached hydrogen (secondary N) is 1. The molecule has 1 N–H and O–H groups in total. The number of rotatable bonds is 6. The first-order valence-corrected chi connectivity index (χ1v) is 11.2. The van der Waals surface area contributed by atoms with Gasteiger partial charge in [-0.15, -0.1) is 0 Å². The van der Waals surface area contributed by atoms with Crippen LogP contribution < -0.4 is 10.2 Å². The Bertz CT molecular complexity index is 1300. The minimum Gasteiger partial charge on any atom is -0.460 e. The fraction of sp³-hybridized carbons (Fsp3) is 0.385. The average molecular weight is 499 g/mol. The third-order valence-electron chi connectivity index (χ3n) is 5.27. The van der Waals surface area contributed by atoms with Gasteiger partial charge in [0.2, 0.25) is 5.91 Å². The standard InChI is InChI=1S/C25H27FN4O5.CH4/c1-15(31)27-11-19-14-30(24(33)34-19)18-6-7-20(21(26)10-18)16-5-8-22-28-17(13-29(22)12-16)9-23(32)35-25(2,3)4;/h5-8,10,12-13,19H,9,11,14H2,1-4H3,(H,27,31);1H4/t19-;/m0./s1. The van der Waals surface area contributed by atoms with Gasteiger partial charge in [0.1, 0.15) is 23.2 Å². The van der Waals surface area contributed by atoms with Crippen LogP contribution in [-0.2, 0) is 25.5 Å². The van der Waals surface area contributed by atoms with Gasteiger partial charge in [-0.1, -0.05) is 7.43 Å². The second kappa shape index (κ2) is 10.3. The molecular weight excluding hydrogens is 467 g/mol. The topological polar surface area (TPSA) is 102 Å². The minimum absolute atomic E-state index is 0. The first-order valence-electron chi connectivity index (χ1n) is 11.2. The first kappa shape index (κ1) is 26.7. The zero-order chi connectivity index (χ0) is 25.3. The zero-order valence-corrected chi connectivity index (χ0v) is 20.0. The van der Waals surface area contributed by atoms with Crippen molar-refractivity contribution in [2.75, 3.05) is 18.0 Å². The van der Waals surface area contributed by atoms with Crippen molar-refractivity contribution in [2.24, 2.45) is 0 Å². The van der Waals surface area contributed by atoms with Gasteiger partial charge in [0, 0.05) is 30.4 Å². The quantitative estimate of drug-likeness (QED) is 0.513. The molecule has 1 aliphatic rings. The lowest BCUT2D eigenvalue weighted by Gasteiger charge is -2.18. The highest BCUT2D eigenvalue weighted by atomic mass is 19.1. The fourth-order valence-electron chi connectivity index (χ4n) is 3.82. The van der Waals surface area contributed by atoms with Crippen LogP contribution in [0.15, 0.2) is 42.7 Å². The number of hydrogen-bond acceptors (Lipinski definition) is 6. The number of benzene rings is 1. The lowest BCUT2D eigenvalue weighted by molar-refractivity contribution is -0.154. The number of fused-ring (bicyclic) bond motifs is 1. The lowest BCUT2D eigenvalue weighted by atomic mass is 10.1. The number of carbonyl (C=O) groups excluding carboxylic acids is 3. The van der Waals surface area contributed by atoms with Gasteiger partial charge in [-0.2, -0.15) is 0 Å². The molecule has 1 saturated heterocycles. The van der Waals surface area contributed by atoms with Gasteiger partial charge < -0.3 is 19.2 Å². The third kappa shape index (κ3) is 6.18. The van der Waals surface area contributed by atoms with E-state index in [1.165, 1.54) is 17.9 Å². The van der Waals surface area contributed by atoms with Crippen LogP contribution in [0.1, 0.15) is 40.8 Å². The predicted molar refractivity (Wildman–Crippen MR) is 133 cm³/mol. The van der Waals surface area contributed by atoms with Gasteiger partial charge in [0.25, 0.3) is 0 Å². The molecule has 0 radical (unpaired) electrons. The Balaban J connectivity index is 0.00000361. The molecule has 4 rings (SSSR count). The van der Waals surface area contributed by atoms with E-state index in [1.807, 2.05) is 0 Å². The molecule has 10 heteroatoms. The summed E-state index contributed by atoms with van der Waals surface area (Å²) in [5.74, 6) is -1.10. The SMILES string of the molecule is C.CC(=O)NC[C@H]1CN(c2ccc(-c3ccc4nc(CC(=O)OC(C)(C)C)cn4c3)c(F)c2)C(=O)O1. The van der Waals surface area contributed by atoms with E-state index in [2.05, 4.69) is 10.3 Å². The maximum absolute atomic E-state index is 15.1. The Morgan fingerprint density at radius 2 is 1.97 bits per heavy atom. The van der Waals surface area contributed by atoms with E-state index in [1.54, 1.807) is 61.8 Å². The number of imidazole rings is 1. The molecule has 2 aromatic heterocycles. The number of halogens is 1. The van der Waals surface area contributed by atoms with Crippen LogP contribution in [0, 0.1) is 5.82 Å². The molecule has 36 heavy (non-hydrogen) atoms. The van der Waals surface area contributed by atoms with E-state index >= 15 is 4.39 Å². The van der Waals surface area contributed by atoms with E-state index in [0.717, 1.165) is 0 Å². The van der Waals surface area contributed by atoms with Crippen LogP contribution >= 0.6 is 0 Å². The van der Waals surface area contributed by atoms with Crippen molar-refractivity contribution in [3.63, 3.8) is 0 Å². The molecule has 3 heterocycles. The minimum atomic E-state index is -0.593. The Kier molecular flexibility index (Phi) is 7.66. The molecule has 0 bridgehead atoms. The molecule has 0 saturated carbocycles. The molecule has 9 nitrogen and oxygen atoms in total. The molecule has 0 aliphatic carbocycles. The zero-order valence-electron chi connectivity index (χ0n) is 20.0. The van der Waals surface area contributed by atoms with Crippen molar-refractivity contribution in [1.29, 1.82) is 0 Å². The van der Waals surface area contributed by atoms with Crippen LogP contribution in [0.2, 0.25) is 0 Å². The number of pyridine rings is 1. The summed E-state index contributed by atoms with van der Waals surface area (Å²) in [6, 6.07) is 8.01. The molecule has 2 amide bonds. The number of esters is 1. The molecule has 1 aromatic carbocycles. The number of cyclic esters (lactones) is 1. The summed E-state index contributed by atoms with van der Waals surface area (Å²) in [5, 5.41) is 2.61. The van der Waals surface area contributed by atoms with Crippen LogP contribution in [0.5, 0.6) is 0 Å². The molecule has 0 unspecified atom stereocenters. The molecule has 1 aliphatic heterocycles. The Morgan fingerprint density at radius 3 is 2.64 bits per heavy atom. The largest absolute Gasteiger partial charge is 0.460 e. The second-order valence-corrected chi connectivity index (χ2v) is 9.40. The average Bonchev–Trinajstić information content (AvgIpc) is 3.32. The maximum atomic E-state index is 15.1. The van der Waals surface area contributed by atoms with E-state index < -0.39 is 23.6 Å². The number of nitrogens with zero attached hydrogens (tertiary/aromatic N) is 3. The van der Waals surface area contributed by atoms with Gasteiger partial charge in [0.15, 0.2) is 0 Å². The van der Waals surface area contributed by atoms with Crippen LogP contribution in [0.25, 0.3) is 16.8 Å². The predicted octanol–water partition coefficient (Wildman–Crippen LogP) is 4.12. The van der Waals surface area contributed by atoms with Gasteiger partial charge in [-0.25, -0.2) is 14.2 Å². The fourth-order valence-corrected chi connectivity index (χ4v) is 3.82. The number of ether oxygens (including phenoxy) is 2. The van der Waals surface area contributed by atoms with Crippen LogP contribution in [-0.4, -0.2) is 52.1 Å². The molecule has 1 fully saturated rings. The van der Waals surface area contributed by atoms with Gasteiger partial charge in [-0.3, -0.25) is 14.5 Å². The summed E-state index contributed by atoms with van der Waals surface area (Å²) in [6.07, 6.45) is 2.38. The van der Waals surface area contributed by atoms with Crippen molar-refractivity contribution in [3.05, 3.63) is 54.2 Å². The number of carbonyl (C=O) groups is 3. The summed E-state index contributed by atoms with van der Waals surface area (Å²) in [4.78, 5) is 41.2. The molecule has 1 atom stereocenters. The molecule has 0 spiro atoms. The molecule has 3 aromatic rings. The van der Waals surface area contributed by atoms with E-state index in [-0.39, 0.29) is 38.8 Å². The maximum Gasteiger partial charge on any atom is 0.414 e. The number of hydrogen-bond donors (Lipinski definition) is 1. The Morgan fingerprint density at radius 1 is 1.22 bits per heavy atom. The smallest absolute Gasteiger partial charge is 0.414 e. The van der Waals surface area contributed by atoms with Crippen molar-refractivity contribution in [1.82, 2.24) is 14.7 Å². The van der Waals surface area contributed by atoms with Crippen LogP contribution in [0.3, 0.4) is 0 Å². The Labute approximate surface area is 209 Å². The lowest BCUT2D eigenvalue weighted by Crippen LogP contribution is -2.33.